The monoisotopic (exact) mass is 528 g/mol. The average molecular weight is 529 g/mol. The van der Waals surface area contributed by atoms with E-state index < -0.39 is 15.9 Å². The van der Waals surface area contributed by atoms with E-state index in [2.05, 4.69) is 5.32 Å². The zero-order valence-corrected chi connectivity index (χ0v) is 21.7. The highest BCUT2D eigenvalue weighted by molar-refractivity contribution is 7.92. The van der Waals surface area contributed by atoms with Crippen LogP contribution in [0.25, 0.3) is 0 Å². The van der Waals surface area contributed by atoms with Crippen molar-refractivity contribution in [3.8, 4) is 11.5 Å². The summed E-state index contributed by atoms with van der Waals surface area (Å²) in [7, 11) is -3.99. The van der Waals surface area contributed by atoms with Crippen molar-refractivity contribution >= 4 is 21.6 Å². The molecule has 0 saturated carbocycles. The molecule has 4 aromatic carbocycles. The quantitative estimate of drug-likeness (QED) is 0.349. The lowest BCUT2D eigenvalue weighted by atomic mass is 10.1. The van der Waals surface area contributed by atoms with Gasteiger partial charge in [0.1, 0.15) is 12.7 Å². The number of para-hydroxylation sites is 3. The summed E-state index contributed by atoms with van der Waals surface area (Å²) < 4.78 is 40.8. The summed E-state index contributed by atoms with van der Waals surface area (Å²) >= 11 is 0. The molecule has 0 aromatic heterocycles. The zero-order chi connectivity index (χ0) is 26.5. The molecule has 1 amide bonds. The van der Waals surface area contributed by atoms with Gasteiger partial charge in [0.05, 0.1) is 29.2 Å². The molecule has 1 aliphatic heterocycles. The van der Waals surface area contributed by atoms with E-state index in [1.54, 1.807) is 48.5 Å². The number of carbonyl (C=O) groups is 1. The Balaban J connectivity index is 1.43. The average Bonchev–Trinajstić information content (AvgIpc) is 2.95. The van der Waals surface area contributed by atoms with Gasteiger partial charge in [-0.15, -0.1) is 0 Å². The third-order valence-electron chi connectivity index (χ3n) is 6.25. The minimum Gasteiger partial charge on any atom is -0.486 e. The van der Waals surface area contributed by atoms with E-state index in [4.69, 9.17) is 9.47 Å². The molecule has 5 rings (SSSR count). The van der Waals surface area contributed by atoms with E-state index in [0.29, 0.717) is 23.8 Å². The number of hydrogen-bond donors (Lipinski definition) is 1. The molecule has 38 heavy (non-hydrogen) atoms. The Morgan fingerprint density at radius 1 is 0.868 bits per heavy atom. The highest BCUT2D eigenvalue weighted by Crippen LogP contribution is 2.31. The largest absolute Gasteiger partial charge is 0.486 e. The number of rotatable bonds is 8. The number of ether oxygens (including phenoxy) is 2. The van der Waals surface area contributed by atoms with Crippen LogP contribution in [-0.4, -0.2) is 33.6 Å². The van der Waals surface area contributed by atoms with Crippen LogP contribution in [0.2, 0.25) is 0 Å². The molecule has 0 saturated heterocycles. The van der Waals surface area contributed by atoms with Gasteiger partial charge in [-0.2, -0.15) is 0 Å². The molecule has 1 unspecified atom stereocenters. The first-order valence-electron chi connectivity index (χ1n) is 12.3. The molecule has 1 heterocycles. The lowest BCUT2D eigenvalue weighted by molar-refractivity contribution is 0.0789. The van der Waals surface area contributed by atoms with Gasteiger partial charge in [-0.05, 0) is 48.9 Å². The maximum atomic E-state index is 13.9. The minimum absolute atomic E-state index is 0.0672. The molecule has 1 atom stereocenters. The minimum atomic E-state index is -3.99. The van der Waals surface area contributed by atoms with Gasteiger partial charge in [-0.3, -0.25) is 9.10 Å². The normalized spacial score (nSPS) is 14.5. The molecule has 1 aliphatic rings. The van der Waals surface area contributed by atoms with Crippen LogP contribution in [0.3, 0.4) is 0 Å². The van der Waals surface area contributed by atoms with Crippen LogP contribution < -0.4 is 19.1 Å². The number of nitrogens with zero attached hydrogens (tertiary/aromatic N) is 1. The van der Waals surface area contributed by atoms with Crippen molar-refractivity contribution in [3.63, 3.8) is 0 Å². The maximum absolute atomic E-state index is 13.9. The number of amides is 1. The second-order valence-electron chi connectivity index (χ2n) is 9.04. The Hall–Kier alpha value is -4.30. The van der Waals surface area contributed by atoms with Crippen molar-refractivity contribution in [2.24, 2.45) is 0 Å². The Labute approximate surface area is 222 Å². The number of aryl methyl sites for hydroxylation is 1. The molecule has 0 radical (unpaired) electrons. The second-order valence-corrected chi connectivity index (χ2v) is 10.9. The highest BCUT2D eigenvalue weighted by atomic mass is 32.2. The molecule has 4 aromatic rings. The third kappa shape index (κ3) is 5.50. The van der Waals surface area contributed by atoms with Gasteiger partial charge < -0.3 is 14.8 Å². The Kier molecular flexibility index (Phi) is 7.33. The van der Waals surface area contributed by atoms with Crippen molar-refractivity contribution < 1.29 is 22.7 Å². The predicted molar refractivity (Wildman–Crippen MR) is 146 cm³/mol. The number of fused-ring (bicyclic) bond motifs is 1. The fraction of sp³-hybridized carbons (Fsp3) is 0.167. The van der Waals surface area contributed by atoms with Crippen LogP contribution in [0.5, 0.6) is 11.5 Å². The molecule has 0 fully saturated rings. The topological polar surface area (TPSA) is 84.9 Å². The first-order valence-corrected chi connectivity index (χ1v) is 13.7. The van der Waals surface area contributed by atoms with Crippen LogP contribution in [-0.2, 0) is 16.6 Å². The fourth-order valence-corrected chi connectivity index (χ4v) is 5.71. The van der Waals surface area contributed by atoms with Crippen LogP contribution in [0.15, 0.2) is 108 Å². The Morgan fingerprint density at radius 2 is 1.53 bits per heavy atom. The fourth-order valence-electron chi connectivity index (χ4n) is 4.23. The summed E-state index contributed by atoms with van der Waals surface area (Å²) in [5.74, 6) is 0.884. The SMILES string of the molecule is Cc1ccc(S(=O)(=O)N(Cc2ccccc2)c2ccccc2C(=O)NCC2COc3ccccc3O2)cc1. The van der Waals surface area contributed by atoms with Crippen molar-refractivity contribution in [3.05, 3.63) is 120 Å². The molecule has 7 nitrogen and oxygen atoms in total. The van der Waals surface area contributed by atoms with Crippen molar-refractivity contribution in [2.75, 3.05) is 17.5 Å². The Morgan fingerprint density at radius 3 is 2.29 bits per heavy atom. The number of hydrogen-bond acceptors (Lipinski definition) is 5. The Bertz CT molecular complexity index is 1520. The first-order chi connectivity index (χ1) is 18.4. The van der Waals surface area contributed by atoms with Crippen molar-refractivity contribution in [1.29, 1.82) is 0 Å². The standard InChI is InChI=1S/C30H28N2O5S/c1-22-15-17-25(18-16-22)38(34,35)32(20-23-9-3-2-4-10-23)27-12-6-5-11-26(27)30(33)31-19-24-21-36-28-13-7-8-14-29(28)37-24/h2-18,24H,19-21H2,1H3,(H,31,33). The van der Waals surface area contributed by atoms with E-state index in [-0.39, 0.29) is 29.7 Å². The van der Waals surface area contributed by atoms with E-state index in [0.717, 1.165) is 11.1 Å². The van der Waals surface area contributed by atoms with Gasteiger partial charge >= 0.3 is 0 Å². The second kappa shape index (κ2) is 11.0. The highest BCUT2D eigenvalue weighted by Gasteiger charge is 2.29. The number of anilines is 1. The van der Waals surface area contributed by atoms with Gasteiger partial charge in [0.2, 0.25) is 0 Å². The lowest BCUT2D eigenvalue weighted by Gasteiger charge is -2.28. The van der Waals surface area contributed by atoms with Crippen LogP contribution in [0.1, 0.15) is 21.5 Å². The summed E-state index contributed by atoms with van der Waals surface area (Å²) in [6, 6.07) is 30.1. The summed E-state index contributed by atoms with van der Waals surface area (Å²) in [5.41, 5.74) is 2.29. The number of sulfonamides is 1. The van der Waals surface area contributed by atoms with E-state index in [1.165, 1.54) is 4.31 Å². The van der Waals surface area contributed by atoms with E-state index in [1.807, 2.05) is 61.5 Å². The summed E-state index contributed by atoms with van der Waals surface area (Å²) in [4.78, 5) is 13.5. The molecule has 8 heteroatoms. The zero-order valence-electron chi connectivity index (χ0n) is 20.9. The van der Waals surface area contributed by atoms with Gasteiger partial charge in [-0.1, -0.05) is 72.3 Å². The molecular formula is C30H28N2O5S. The number of carbonyl (C=O) groups excluding carboxylic acids is 1. The van der Waals surface area contributed by atoms with Gasteiger partial charge in [-0.25, -0.2) is 8.42 Å². The molecule has 0 bridgehead atoms. The maximum Gasteiger partial charge on any atom is 0.264 e. The summed E-state index contributed by atoms with van der Waals surface area (Å²) in [5, 5.41) is 2.89. The van der Waals surface area contributed by atoms with Crippen LogP contribution in [0.4, 0.5) is 5.69 Å². The number of nitrogens with one attached hydrogen (secondary N) is 1. The number of benzene rings is 4. The van der Waals surface area contributed by atoms with Crippen molar-refractivity contribution in [2.45, 2.75) is 24.5 Å². The smallest absolute Gasteiger partial charge is 0.264 e. The van der Waals surface area contributed by atoms with Gasteiger partial charge in [0.15, 0.2) is 11.5 Å². The molecule has 0 spiro atoms. The molecule has 194 valence electrons. The summed E-state index contributed by atoms with van der Waals surface area (Å²) in [6.45, 7) is 2.46. The van der Waals surface area contributed by atoms with E-state index in [9.17, 15) is 13.2 Å². The first kappa shape index (κ1) is 25.4. The van der Waals surface area contributed by atoms with Crippen LogP contribution >= 0.6 is 0 Å². The molecule has 0 aliphatic carbocycles. The summed E-state index contributed by atoms with van der Waals surface area (Å²) in [6.07, 6.45) is -0.377. The third-order valence-corrected chi connectivity index (χ3v) is 8.03. The van der Waals surface area contributed by atoms with Crippen LogP contribution in [0, 0.1) is 6.92 Å². The van der Waals surface area contributed by atoms with Gasteiger partial charge in [0, 0.05) is 0 Å². The van der Waals surface area contributed by atoms with Crippen molar-refractivity contribution in [1.82, 2.24) is 5.32 Å². The molecule has 1 N–H and O–H groups in total. The predicted octanol–water partition coefficient (Wildman–Crippen LogP) is 4.96. The van der Waals surface area contributed by atoms with Gasteiger partial charge in [0.25, 0.3) is 15.9 Å². The lowest BCUT2D eigenvalue weighted by Crippen LogP contribution is -2.41. The van der Waals surface area contributed by atoms with E-state index >= 15 is 0 Å². The molecular weight excluding hydrogens is 500 g/mol.